The predicted octanol–water partition coefficient (Wildman–Crippen LogP) is 2.40. The number of benzene rings is 1. The van der Waals surface area contributed by atoms with Crippen LogP contribution in [0.4, 0.5) is 5.69 Å². The molecule has 1 aliphatic heterocycles. The normalized spacial score (nSPS) is 18.6. The minimum Gasteiger partial charge on any atom is -0.392 e. The number of hydrogen-bond acceptors (Lipinski definition) is 6. The third-order valence-corrected chi connectivity index (χ3v) is 7.47. The summed E-state index contributed by atoms with van der Waals surface area (Å²) in [7, 11) is 0. The second-order valence-corrected chi connectivity index (χ2v) is 11.3. The van der Waals surface area contributed by atoms with E-state index in [1.807, 2.05) is 49.9 Å². The van der Waals surface area contributed by atoms with E-state index in [0.717, 1.165) is 36.9 Å². The first kappa shape index (κ1) is 27.9. The molecule has 1 aromatic rings. The van der Waals surface area contributed by atoms with Gasteiger partial charge in [0.25, 0.3) is 0 Å². The van der Waals surface area contributed by atoms with Gasteiger partial charge in [-0.2, -0.15) is 0 Å². The van der Waals surface area contributed by atoms with Crippen LogP contribution in [-0.2, 0) is 21.0 Å². The van der Waals surface area contributed by atoms with Gasteiger partial charge in [-0.15, -0.1) is 0 Å². The zero-order valence-electron chi connectivity index (χ0n) is 21.9. The number of amides is 3. The van der Waals surface area contributed by atoms with Gasteiger partial charge in [0.2, 0.25) is 18.2 Å². The minimum absolute atomic E-state index is 0.00939. The lowest BCUT2D eigenvalue weighted by atomic mass is 9.84. The average molecular weight is 503 g/mol. The number of nitrogens with zero attached hydrogens (tertiary/aromatic N) is 3. The van der Waals surface area contributed by atoms with E-state index < -0.39 is 17.4 Å². The Hall–Kier alpha value is -2.65. The molecule has 3 N–H and O–H groups in total. The van der Waals surface area contributed by atoms with Crippen molar-refractivity contribution < 1.29 is 24.7 Å². The molecule has 0 bridgehead atoms. The maximum Gasteiger partial charge on any atom is 0.245 e. The third kappa shape index (κ3) is 7.43. The Morgan fingerprint density at radius 3 is 2.25 bits per heavy atom. The van der Waals surface area contributed by atoms with Gasteiger partial charge in [-0.3, -0.25) is 19.6 Å². The second kappa shape index (κ2) is 12.5. The zero-order valence-corrected chi connectivity index (χ0v) is 21.9. The molecule has 2 atom stereocenters. The Balaban J connectivity index is 1.65. The minimum atomic E-state index is -0.713. The topological polar surface area (TPSA) is 113 Å². The molecule has 200 valence electrons. The second-order valence-electron chi connectivity index (χ2n) is 11.3. The highest BCUT2D eigenvalue weighted by Crippen LogP contribution is 2.31. The number of carbonyl (C=O) groups is 3. The molecule has 0 spiro atoms. The number of hydroxylamine groups is 2. The molecule has 9 nitrogen and oxygen atoms in total. The summed E-state index contributed by atoms with van der Waals surface area (Å²) >= 11 is 0. The highest BCUT2D eigenvalue weighted by Gasteiger charge is 2.38. The fourth-order valence-electron chi connectivity index (χ4n) is 5.27. The summed E-state index contributed by atoms with van der Waals surface area (Å²) in [6, 6.07) is 7.05. The first-order valence-corrected chi connectivity index (χ1v) is 13.1. The number of piperazine rings is 1. The molecule has 3 amide bonds. The van der Waals surface area contributed by atoms with Gasteiger partial charge in [-0.25, -0.2) is 5.06 Å². The van der Waals surface area contributed by atoms with Gasteiger partial charge in [0.15, 0.2) is 0 Å². The molecule has 1 saturated heterocycles. The first-order chi connectivity index (χ1) is 17.1. The quantitative estimate of drug-likeness (QED) is 0.257. The molecule has 0 unspecified atom stereocenters. The lowest BCUT2D eigenvalue weighted by Crippen LogP contribution is -2.59. The van der Waals surface area contributed by atoms with Crippen LogP contribution in [0, 0.1) is 17.3 Å². The number of nitrogens with one attached hydrogen (secondary N) is 1. The van der Waals surface area contributed by atoms with Crippen LogP contribution >= 0.6 is 0 Å². The molecule has 2 fully saturated rings. The molecule has 9 heteroatoms. The Labute approximate surface area is 214 Å². The fraction of sp³-hybridized carbons (Fsp3) is 0.667. The monoisotopic (exact) mass is 502 g/mol. The molecule has 36 heavy (non-hydrogen) atoms. The summed E-state index contributed by atoms with van der Waals surface area (Å²) in [6.07, 6.45) is 5.27. The maximum absolute atomic E-state index is 13.6. The molecule has 2 aliphatic rings. The standard InChI is InChI=1S/C27H42N4O5/c1-27(2,3)24(28-25(34)22(17-31(36)19-33)16-20-6-4-5-7-20)26(35)30-14-12-29(13-15-30)23-10-8-21(18-32)9-11-23/h8-11,19-20,22,24,32,36H,4-7,12-18H2,1-3H3,(H,28,34)/t22-,24-/m1/s1. The largest absolute Gasteiger partial charge is 0.392 e. The van der Waals surface area contributed by atoms with Gasteiger partial charge >= 0.3 is 0 Å². The van der Waals surface area contributed by atoms with Crippen LogP contribution in [-0.4, -0.2) is 77.3 Å². The van der Waals surface area contributed by atoms with Crippen molar-refractivity contribution in [3.05, 3.63) is 29.8 Å². The third-order valence-electron chi connectivity index (χ3n) is 7.47. The van der Waals surface area contributed by atoms with Crippen LogP contribution in [0.2, 0.25) is 0 Å². The van der Waals surface area contributed by atoms with Crippen molar-refractivity contribution in [1.29, 1.82) is 0 Å². The van der Waals surface area contributed by atoms with Gasteiger partial charge in [0, 0.05) is 31.9 Å². The van der Waals surface area contributed by atoms with E-state index in [4.69, 9.17) is 0 Å². The molecular weight excluding hydrogens is 460 g/mol. The number of anilines is 1. The van der Waals surface area contributed by atoms with E-state index in [1.54, 1.807) is 0 Å². The van der Waals surface area contributed by atoms with E-state index in [-0.39, 0.29) is 25.0 Å². The van der Waals surface area contributed by atoms with Crippen LogP contribution in [0.1, 0.15) is 58.4 Å². The lowest BCUT2D eigenvalue weighted by molar-refractivity contribution is -0.156. The number of carbonyl (C=O) groups excluding carboxylic acids is 3. The van der Waals surface area contributed by atoms with E-state index in [0.29, 0.717) is 50.0 Å². The van der Waals surface area contributed by atoms with E-state index in [1.165, 1.54) is 0 Å². The summed E-state index contributed by atoms with van der Waals surface area (Å²) in [5, 5.41) is 22.6. The molecule has 1 saturated carbocycles. The van der Waals surface area contributed by atoms with Crippen LogP contribution in [0.15, 0.2) is 24.3 Å². The molecule has 3 rings (SSSR count). The Kier molecular flexibility index (Phi) is 9.73. The molecule has 1 aromatic carbocycles. The van der Waals surface area contributed by atoms with Crippen molar-refractivity contribution >= 4 is 23.9 Å². The summed E-state index contributed by atoms with van der Waals surface area (Å²) in [5.74, 6) is -0.579. The summed E-state index contributed by atoms with van der Waals surface area (Å²) < 4.78 is 0. The fourth-order valence-corrected chi connectivity index (χ4v) is 5.27. The zero-order chi connectivity index (χ0) is 26.3. The molecule has 0 radical (unpaired) electrons. The Morgan fingerprint density at radius 1 is 1.11 bits per heavy atom. The van der Waals surface area contributed by atoms with Crippen molar-refractivity contribution in [3.63, 3.8) is 0 Å². The van der Waals surface area contributed by atoms with Crippen molar-refractivity contribution in [3.8, 4) is 0 Å². The van der Waals surface area contributed by atoms with Crippen LogP contribution < -0.4 is 10.2 Å². The number of aliphatic hydroxyl groups excluding tert-OH is 1. The van der Waals surface area contributed by atoms with Crippen molar-refractivity contribution in [2.24, 2.45) is 17.3 Å². The summed E-state index contributed by atoms with van der Waals surface area (Å²) in [6.45, 7) is 8.18. The van der Waals surface area contributed by atoms with Crippen molar-refractivity contribution in [2.45, 2.75) is 65.5 Å². The number of aliphatic hydroxyl groups is 1. The Morgan fingerprint density at radius 2 is 1.72 bits per heavy atom. The van der Waals surface area contributed by atoms with Crippen molar-refractivity contribution in [1.82, 2.24) is 15.3 Å². The molecule has 1 heterocycles. The van der Waals surface area contributed by atoms with Crippen LogP contribution in [0.3, 0.4) is 0 Å². The maximum atomic E-state index is 13.6. The van der Waals surface area contributed by atoms with E-state index in [9.17, 15) is 24.7 Å². The number of rotatable bonds is 10. The highest BCUT2D eigenvalue weighted by molar-refractivity contribution is 5.89. The van der Waals surface area contributed by atoms with Gasteiger partial charge < -0.3 is 20.2 Å². The molecule has 0 aromatic heterocycles. The first-order valence-electron chi connectivity index (χ1n) is 13.1. The van der Waals surface area contributed by atoms with Gasteiger partial charge in [0.05, 0.1) is 19.1 Å². The van der Waals surface area contributed by atoms with Gasteiger partial charge in [-0.05, 0) is 35.4 Å². The summed E-state index contributed by atoms with van der Waals surface area (Å²) in [5.41, 5.74) is 1.41. The Bertz CT molecular complexity index is 871. The van der Waals surface area contributed by atoms with Crippen LogP contribution in [0.25, 0.3) is 0 Å². The highest BCUT2D eigenvalue weighted by atomic mass is 16.5. The van der Waals surface area contributed by atoms with E-state index in [2.05, 4.69) is 10.2 Å². The van der Waals surface area contributed by atoms with Gasteiger partial charge in [-0.1, -0.05) is 58.6 Å². The van der Waals surface area contributed by atoms with Gasteiger partial charge in [0.1, 0.15) is 6.04 Å². The predicted molar refractivity (Wildman–Crippen MR) is 137 cm³/mol. The SMILES string of the molecule is CC(C)(C)[C@H](NC(=O)[C@H](CC1CCCC1)CN(O)C=O)C(=O)N1CCN(c2ccc(CO)cc2)CC1. The summed E-state index contributed by atoms with van der Waals surface area (Å²) in [4.78, 5) is 42.0. The lowest BCUT2D eigenvalue weighted by Gasteiger charge is -2.40. The smallest absolute Gasteiger partial charge is 0.245 e. The van der Waals surface area contributed by atoms with Crippen molar-refractivity contribution in [2.75, 3.05) is 37.6 Å². The van der Waals surface area contributed by atoms with E-state index >= 15 is 0 Å². The number of hydrogen-bond donors (Lipinski definition) is 3. The van der Waals surface area contributed by atoms with Crippen LogP contribution in [0.5, 0.6) is 0 Å². The average Bonchev–Trinajstić information content (AvgIpc) is 3.39. The molecule has 1 aliphatic carbocycles. The molecular formula is C27H42N4O5.